The van der Waals surface area contributed by atoms with Crippen LogP contribution >= 0.6 is 17.2 Å². The van der Waals surface area contributed by atoms with Gasteiger partial charge in [-0.2, -0.15) is 0 Å². The molecule has 0 aliphatic heterocycles. The molecule has 0 spiro atoms. The van der Waals surface area contributed by atoms with Crippen molar-refractivity contribution in [2.45, 2.75) is 99.5 Å². The van der Waals surface area contributed by atoms with E-state index in [1.54, 1.807) is 11.1 Å². The standard InChI is InChI=1S/2C11H17.C2H7Si.2ClH.Hf/c2*1-3-5-6-11-8-7-10(4-2)9-11;1-3-2;;;/h2*7-9H,3-6H2,1-2H3;3H,1-2H3;2*1H;/q;;;;;+2/p-2. The van der Waals surface area contributed by atoms with Gasteiger partial charge in [0, 0.05) is 0 Å². The third-order valence-electron chi connectivity index (χ3n) is 7.05. The summed E-state index contributed by atoms with van der Waals surface area (Å²) in [4.78, 5) is 0. The first-order valence-electron chi connectivity index (χ1n) is 11.6. The Morgan fingerprint density at radius 2 is 1.18 bits per heavy atom. The Kier molecular flexibility index (Phi) is 9.15. The van der Waals surface area contributed by atoms with Crippen molar-refractivity contribution < 1.29 is 15.3 Å². The second kappa shape index (κ2) is 10.3. The fourth-order valence-corrected chi connectivity index (χ4v) is 45.6. The Bertz CT molecular complexity index is 633. The molecule has 0 heterocycles. The first kappa shape index (κ1) is 24.9. The van der Waals surface area contributed by atoms with Crippen LogP contribution in [0.1, 0.15) is 79.1 Å². The van der Waals surface area contributed by atoms with E-state index in [1.165, 1.54) is 49.7 Å². The fraction of sp³-hybridized carbons (Fsp3) is 0.667. The zero-order valence-corrected chi connectivity index (χ0v) is 25.2. The SMILES string of the molecule is CCCCC1=CC(CC)=C[CH]1[Hf]([Cl])([Cl])([CH]1C=C(CC)C=C1CCCC)[SiH](C)C. The van der Waals surface area contributed by atoms with Crippen molar-refractivity contribution in [1.29, 1.82) is 0 Å². The monoisotopic (exact) mass is 607 g/mol. The van der Waals surface area contributed by atoms with E-state index >= 15 is 0 Å². The number of hydrogen-bond acceptors (Lipinski definition) is 0. The van der Waals surface area contributed by atoms with Gasteiger partial charge >= 0.3 is 185 Å². The summed E-state index contributed by atoms with van der Waals surface area (Å²) in [5, 5.41) is 0. The number of allylic oxidation sites excluding steroid dienone is 8. The Hall–Kier alpha value is 0.627. The van der Waals surface area contributed by atoms with Crippen LogP contribution < -0.4 is 0 Å². The van der Waals surface area contributed by atoms with E-state index in [4.69, 9.17) is 17.2 Å². The quantitative estimate of drug-likeness (QED) is 0.206. The molecule has 0 nitrogen and oxygen atoms in total. The van der Waals surface area contributed by atoms with Gasteiger partial charge in [0.25, 0.3) is 0 Å². The Morgan fingerprint density at radius 3 is 1.46 bits per heavy atom. The third-order valence-corrected chi connectivity index (χ3v) is 80.4. The molecule has 0 aromatic heterocycles. The molecule has 2 rings (SSSR count). The van der Waals surface area contributed by atoms with Crippen LogP contribution in [0.15, 0.2) is 46.6 Å². The molecule has 0 saturated carbocycles. The van der Waals surface area contributed by atoms with Crippen molar-refractivity contribution >= 4 is 23.1 Å². The van der Waals surface area contributed by atoms with E-state index < -0.39 is 21.3 Å². The predicted molar refractivity (Wildman–Crippen MR) is 130 cm³/mol. The van der Waals surface area contributed by atoms with Gasteiger partial charge in [0.2, 0.25) is 0 Å². The van der Waals surface area contributed by atoms with Crippen molar-refractivity contribution in [3.05, 3.63) is 46.6 Å². The van der Waals surface area contributed by atoms with Gasteiger partial charge in [0.15, 0.2) is 0 Å². The minimum atomic E-state index is -4.30. The van der Waals surface area contributed by atoms with Crippen molar-refractivity contribution in [2.75, 3.05) is 0 Å². The van der Waals surface area contributed by atoms with Gasteiger partial charge in [0.05, 0.1) is 0 Å². The van der Waals surface area contributed by atoms with E-state index in [0.717, 1.165) is 12.8 Å². The van der Waals surface area contributed by atoms with Crippen molar-refractivity contribution in [2.24, 2.45) is 0 Å². The Labute approximate surface area is 183 Å². The van der Waals surface area contributed by atoms with Gasteiger partial charge in [-0.3, -0.25) is 0 Å². The molecule has 159 valence electrons. The third kappa shape index (κ3) is 4.76. The van der Waals surface area contributed by atoms with E-state index in [0.29, 0.717) is 7.35 Å². The maximum absolute atomic E-state index is 8.01. The van der Waals surface area contributed by atoms with Gasteiger partial charge in [-0.15, -0.1) is 0 Å². The van der Waals surface area contributed by atoms with Crippen LogP contribution in [0.4, 0.5) is 0 Å². The van der Waals surface area contributed by atoms with Gasteiger partial charge in [-0.25, -0.2) is 0 Å². The first-order chi connectivity index (χ1) is 13.2. The van der Waals surface area contributed by atoms with E-state index in [1.807, 2.05) is 0 Å². The van der Waals surface area contributed by atoms with Crippen LogP contribution in [-0.2, 0) is 15.3 Å². The molecule has 2 aliphatic carbocycles. The molecule has 0 saturated heterocycles. The van der Waals surface area contributed by atoms with Gasteiger partial charge in [-0.05, 0) is 0 Å². The molecule has 4 heteroatoms. The second-order valence-corrected chi connectivity index (χ2v) is 68.8. The molecule has 0 N–H and O–H groups in total. The summed E-state index contributed by atoms with van der Waals surface area (Å²) in [6, 6.07) is 0. The van der Waals surface area contributed by atoms with Crippen LogP contribution in [0.2, 0.25) is 20.4 Å². The molecular formula is C24H41Cl2HfSi. The molecule has 2 aliphatic rings. The summed E-state index contributed by atoms with van der Waals surface area (Å²) in [6.45, 7) is 14.0. The summed E-state index contributed by atoms with van der Waals surface area (Å²) < 4.78 is 0.715. The van der Waals surface area contributed by atoms with E-state index in [9.17, 15) is 0 Å². The van der Waals surface area contributed by atoms with Crippen LogP contribution in [0.5, 0.6) is 0 Å². The van der Waals surface area contributed by atoms with Crippen molar-refractivity contribution in [1.82, 2.24) is 0 Å². The summed E-state index contributed by atoms with van der Waals surface area (Å²) in [5.74, 6) is -1.26. The van der Waals surface area contributed by atoms with Gasteiger partial charge in [-0.1, -0.05) is 0 Å². The van der Waals surface area contributed by atoms with E-state index in [2.05, 4.69) is 65.1 Å². The number of rotatable bonds is 11. The maximum atomic E-state index is 8.01. The molecule has 0 fully saturated rings. The second-order valence-electron chi connectivity index (χ2n) is 9.17. The summed E-state index contributed by atoms with van der Waals surface area (Å²) in [6.07, 6.45) is 19.4. The summed E-state index contributed by atoms with van der Waals surface area (Å²) >= 11 is -4.30. The average molecular weight is 607 g/mol. The van der Waals surface area contributed by atoms with Crippen LogP contribution in [0, 0.1) is 0 Å². The van der Waals surface area contributed by atoms with Gasteiger partial charge in [0.1, 0.15) is 0 Å². The molecule has 28 heavy (non-hydrogen) atoms. The zero-order chi connectivity index (χ0) is 21.0. The van der Waals surface area contributed by atoms with Crippen LogP contribution in [-0.4, -0.2) is 5.98 Å². The van der Waals surface area contributed by atoms with Gasteiger partial charge < -0.3 is 0 Å². The van der Waals surface area contributed by atoms with E-state index in [-0.39, 0.29) is 0 Å². The number of halogens is 2. The topological polar surface area (TPSA) is 0 Å². The molecule has 0 bridgehead atoms. The average Bonchev–Trinajstić information content (AvgIpc) is 3.29. The normalized spacial score (nSPS) is 24.0. The zero-order valence-electron chi connectivity index (χ0n) is 19.0. The molecule has 0 aromatic carbocycles. The van der Waals surface area contributed by atoms with Crippen LogP contribution in [0.25, 0.3) is 0 Å². The molecule has 0 aromatic rings. The number of hydrogen-bond donors (Lipinski definition) is 0. The van der Waals surface area contributed by atoms with Crippen molar-refractivity contribution in [3.8, 4) is 0 Å². The molecular weight excluding hydrogens is 566 g/mol. The molecule has 0 radical (unpaired) electrons. The number of unbranched alkanes of at least 4 members (excludes halogenated alkanes) is 2. The molecule has 2 unspecified atom stereocenters. The first-order valence-corrected chi connectivity index (χ1v) is 33.8. The Morgan fingerprint density at radius 1 is 0.786 bits per heavy atom. The molecule has 0 amide bonds. The Balaban J connectivity index is 2.55. The minimum absolute atomic E-state index is 0.357. The van der Waals surface area contributed by atoms with Crippen LogP contribution in [0.3, 0.4) is 0 Å². The molecule has 2 atom stereocenters. The predicted octanol–water partition coefficient (Wildman–Crippen LogP) is 9.48. The van der Waals surface area contributed by atoms with Crippen molar-refractivity contribution in [3.63, 3.8) is 0 Å². The summed E-state index contributed by atoms with van der Waals surface area (Å²) in [5.41, 5.74) is 6.06. The summed E-state index contributed by atoms with van der Waals surface area (Å²) in [7, 11) is 16.0. The fourth-order valence-electron chi connectivity index (χ4n) is 4.99.